The Bertz CT molecular complexity index is 897. The van der Waals surface area contributed by atoms with Crippen LogP contribution in [0.15, 0.2) is 67.6 Å². The van der Waals surface area contributed by atoms with Gasteiger partial charge in [-0.05, 0) is 55.5 Å². The number of nitrogen functional groups attached to an aromatic ring is 1. The summed E-state index contributed by atoms with van der Waals surface area (Å²) in [5.41, 5.74) is 10.6. The van der Waals surface area contributed by atoms with Gasteiger partial charge in [0.25, 0.3) is 0 Å². The lowest BCUT2D eigenvalue weighted by Gasteiger charge is -2.13. The minimum Gasteiger partial charge on any atom is -0.383 e. The van der Waals surface area contributed by atoms with Gasteiger partial charge in [0, 0.05) is 10.7 Å². The first-order chi connectivity index (χ1) is 13.0. The number of nitrogens with zero attached hydrogens (tertiary/aromatic N) is 2. The lowest BCUT2D eigenvalue weighted by Crippen LogP contribution is -2.04. The molecule has 1 aromatic heterocycles. The number of allylic oxidation sites excluding steroid dienone is 6. The molecular weight excluding hydrogens is 356 g/mol. The fourth-order valence-corrected chi connectivity index (χ4v) is 3.02. The van der Waals surface area contributed by atoms with Crippen LogP contribution in [0.5, 0.6) is 0 Å². The molecular formula is C22H25ClN4. The van der Waals surface area contributed by atoms with E-state index in [4.69, 9.17) is 17.3 Å². The van der Waals surface area contributed by atoms with Gasteiger partial charge in [0.1, 0.15) is 18.0 Å². The van der Waals surface area contributed by atoms with Gasteiger partial charge in [-0.25, -0.2) is 9.97 Å². The average molecular weight is 381 g/mol. The van der Waals surface area contributed by atoms with E-state index in [1.807, 2.05) is 44.2 Å². The van der Waals surface area contributed by atoms with Gasteiger partial charge in [-0.15, -0.1) is 0 Å². The number of nitrogens with two attached hydrogens (primary N) is 1. The van der Waals surface area contributed by atoms with Crippen LogP contribution < -0.4 is 11.1 Å². The topological polar surface area (TPSA) is 63.8 Å². The van der Waals surface area contributed by atoms with Crippen LogP contribution in [0.2, 0.25) is 5.02 Å². The third-order valence-electron chi connectivity index (χ3n) is 4.01. The molecule has 2 aromatic rings. The van der Waals surface area contributed by atoms with Crippen molar-refractivity contribution in [2.45, 2.75) is 26.7 Å². The molecule has 0 aliphatic carbocycles. The number of aromatic nitrogens is 2. The van der Waals surface area contributed by atoms with Crippen LogP contribution in [-0.4, -0.2) is 9.97 Å². The van der Waals surface area contributed by atoms with Crippen molar-refractivity contribution in [2.24, 2.45) is 0 Å². The fourth-order valence-electron chi connectivity index (χ4n) is 2.75. The van der Waals surface area contributed by atoms with E-state index in [0.717, 1.165) is 29.7 Å². The highest BCUT2D eigenvalue weighted by Gasteiger charge is 2.11. The van der Waals surface area contributed by atoms with Gasteiger partial charge in [0.15, 0.2) is 0 Å². The average Bonchev–Trinajstić information content (AvgIpc) is 2.61. The molecule has 0 aliphatic heterocycles. The number of hydrogen-bond acceptors (Lipinski definition) is 4. The third-order valence-corrected chi connectivity index (χ3v) is 4.37. The SMILES string of the molecule is C=C/C=C(\C=C/C)CCc1ccc(Nc2ncnc(N)c2C(=C)C)cc1Cl. The summed E-state index contributed by atoms with van der Waals surface area (Å²) < 4.78 is 0. The van der Waals surface area contributed by atoms with Crippen molar-refractivity contribution in [3.8, 4) is 0 Å². The molecule has 5 heteroatoms. The molecule has 140 valence electrons. The van der Waals surface area contributed by atoms with Crippen molar-refractivity contribution in [3.63, 3.8) is 0 Å². The van der Waals surface area contributed by atoms with Gasteiger partial charge in [-0.2, -0.15) is 0 Å². The standard InChI is InChI=1S/C22H25ClN4/c1-5-7-16(8-6-2)9-10-17-11-12-18(13-19(17)23)27-22-20(15(3)4)21(24)25-14-26-22/h5-8,11-14H,1,3,9-10H2,2,4H3,(H3,24,25,26,27)/b8-6-,16-7+. The quantitative estimate of drug-likeness (QED) is 0.542. The van der Waals surface area contributed by atoms with Crippen molar-refractivity contribution in [2.75, 3.05) is 11.1 Å². The first kappa shape index (κ1) is 20.5. The summed E-state index contributed by atoms with van der Waals surface area (Å²) >= 11 is 6.49. The van der Waals surface area contributed by atoms with E-state index in [0.29, 0.717) is 22.2 Å². The Labute approximate surface area is 166 Å². The molecule has 3 N–H and O–H groups in total. The number of nitrogens with one attached hydrogen (secondary N) is 1. The fraction of sp³-hybridized carbons (Fsp3) is 0.182. The van der Waals surface area contributed by atoms with Gasteiger partial charge in [-0.1, -0.05) is 55.1 Å². The molecule has 0 saturated carbocycles. The number of hydrogen-bond donors (Lipinski definition) is 2. The molecule has 0 bridgehead atoms. The van der Waals surface area contributed by atoms with E-state index >= 15 is 0 Å². The van der Waals surface area contributed by atoms with E-state index in [9.17, 15) is 0 Å². The van der Waals surface area contributed by atoms with Gasteiger partial charge in [0.05, 0.1) is 5.56 Å². The van der Waals surface area contributed by atoms with Gasteiger partial charge < -0.3 is 11.1 Å². The molecule has 0 amide bonds. The van der Waals surface area contributed by atoms with E-state index in [1.54, 1.807) is 6.08 Å². The number of benzene rings is 1. The molecule has 0 fully saturated rings. The third kappa shape index (κ3) is 5.56. The van der Waals surface area contributed by atoms with Crippen LogP contribution in [-0.2, 0) is 6.42 Å². The highest BCUT2D eigenvalue weighted by Crippen LogP contribution is 2.29. The maximum absolute atomic E-state index is 6.49. The molecule has 0 radical (unpaired) electrons. The summed E-state index contributed by atoms with van der Waals surface area (Å²) in [6.07, 6.45) is 11.1. The van der Waals surface area contributed by atoms with Gasteiger partial charge in [-0.3, -0.25) is 0 Å². The zero-order valence-electron chi connectivity index (χ0n) is 15.8. The summed E-state index contributed by atoms with van der Waals surface area (Å²) in [6, 6.07) is 5.90. The van der Waals surface area contributed by atoms with Crippen molar-refractivity contribution in [1.29, 1.82) is 0 Å². The molecule has 0 aliphatic rings. The van der Waals surface area contributed by atoms with Gasteiger partial charge in [0.2, 0.25) is 0 Å². The number of halogens is 1. The predicted octanol–water partition coefficient (Wildman–Crippen LogP) is 6.11. The molecule has 4 nitrogen and oxygen atoms in total. The lowest BCUT2D eigenvalue weighted by atomic mass is 10.0. The molecule has 0 atom stereocenters. The normalized spacial score (nSPS) is 11.6. The Hall–Kier alpha value is -2.85. The summed E-state index contributed by atoms with van der Waals surface area (Å²) in [4.78, 5) is 8.31. The van der Waals surface area contributed by atoms with E-state index in [1.165, 1.54) is 11.9 Å². The second-order valence-electron chi connectivity index (χ2n) is 6.17. The summed E-state index contributed by atoms with van der Waals surface area (Å²) in [6.45, 7) is 11.6. The van der Waals surface area contributed by atoms with Crippen molar-refractivity contribution >= 4 is 34.5 Å². The number of anilines is 3. The molecule has 2 rings (SSSR count). The van der Waals surface area contributed by atoms with E-state index in [2.05, 4.69) is 34.5 Å². The smallest absolute Gasteiger partial charge is 0.143 e. The maximum Gasteiger partial charge on any atom is 0.143 e. The zero-order chi connectivity index (χ0) is 19.8. The Morgan fingerprint density at radius 1 is 1.33 bits per heavy atom. The van der Waals surface area contributed by atoms with Crippen molar-refractivity contribution in [3.05, 3.63) is 83.7 Å². The molecule has 0 unspecified atom stereocenters. The maximum atomic E-state index is 6.49. The number of rotatable bonds is 8. The largest absolute Gasteiger partial charge is 0.383 e. The Morgan fingerprint density at radius 3 is 2.74 bits per heavy atom. The van der Waals surface area contributed by atoms with Crippen molar-refractivity contribution < 1.29 is 0 Å². The Kier molecular flexibility index (Phi) is 7.38. The summed E-state index contributed by atoms with van der Waals surface area (Å²) in [5, 5.41) is 3.96. The van der Waals surface area contributed by atoms with Crippen LogP contribution in [0.25, 0.3) is 5.57 Å². The van der Waals surface area contributed by atoms with Crippen LogP contribution in [0, 0.1) is 0 Å². The Balaban J connectivity index is 2.18. The highest BCUT2D eigenvalue weighted by molar-refractivity contribution is 6.31. The summed E-state index contributed by atoms with van der Waals surface area (Å²) in [5.74, 6) is 1.01. The number of aryl methyl sites for hydroxylation is 1. The minimum atomic E-state index is 0.397. The molecule has 0 spiro atoms. The lowest BCUT2D eigenvalue weighted by molar-refractivity contribution is 0.965. The first-order valence-corrected chi connectivity index (χ1v) is 9.10. The Morgan fingerprint density at radius 2 is 2.11 bits per heavy atom. The molecule has 27 heavy (non-hydrogen) atoms. The van der Waals surface area contributed by atoms with Crippen LogP contribution in [0.4, 0.5) is 17.3 Å². The predicted molar refractivity (Wildman–Crippen MR) is 117 cm³/mol. The summed E-state index contributed by atoms with van der Waals surface area (Å²) in [7, 11) is 0. The monoisotopic (exact) mass is 380 g/mol. The van der Waals surface area contributed by atoms with Crippen molar-refractivity contribution in [1.82, 2.24) is 9.97 Å². The minimum absolute atomic E-state index is 0.397. The molecule has 0 saturated heterocycles. The van der Waals surface area contributed by atoms with Crippen LogP contribution in [0.3, 0.4) is 0 Å². The van der Waals surface area contributed by atoms with E-state index in [-0.39, 0.29) is 0 Å². The second kappa shape index (κ2) is 9.74. The van der Waals surface area contributed by atoms with Crippen LogP contribution in [0.1, 0.15) is 31.4 Å². The molecule has 1 aromatic carbocycles. The molecule has 1 heterocycles. The van der Waals surface area contributed by atoms with Gasteiger partial charge >= 0.3 is 0 Å². The zero-order valence-corrected chi connectivity index (χ0v) is 16.6. The first-order valence-electron chi connectivity index (χ1n) is 8.72. The highest BCUT2D eigenvalue weighted by atomic mass is 35.5. The van der Waals surface area contributed by atoms with Crippen LogP contribution >= 0.6 is 11.6 Å². The van der Waals surface area contributed by atoms with E-state index < -0.39 is 0 Å². The second-order valence-corrected chi connectivity index (χ2v) is 6.58.